The summed E-state index contributed by atoms with van der Waals surface area (Å²) >= 11 is 0. The van der Waals surface area contributed by atoms with Gasteiger partial charge in [-0.3, -0.25) is 0 Å². The zero-order chi connectivity index (χ0) is 37.0. The summed E-state index contributed by atoms with van der Waals surface area (Å²) in [5.74, 6) is 0. The number of hydrogen-bond donors (Lipinski definition) is 0. The molecule has 0 fully saturated rings. The summed E-state index contributed by atoms with van der Waals surface area (Å²) in [6.07, 6.45) is 7.29. The molecule has 1 N–H and O–H groups in total. The Hall–Kier alpha value is -4.21. The maximum Gasteiger partial charge on any atom is 3.00 e. The van der Waals surface area contributed by atoms with Gasteiger partial charge in [0.15, 0.2) is 12.3 Å². The van der Waals surface area contributed by atoms with E-state index in [1.165, 1.54) is 48.5 Å². The van der Waals surface area contributed by atoms with Crippen molar-refractivity contribution >= 4 is 64.7 Å². The van der Waals surface area contributed by atoms with Gasteiger partial charge < -0.3 is 24.0 Å². The van der Waals surface area contributed by atoms with Gasteiger partial charge >= 0.3 is 17.4 Å². The Labute approximate surface area is 320 Å². The minimum atomic E-state index is -4.86. The molecule has 0 radical (unpaired) electrons. The molecule has 0 unspecified atom stereocenters. The molecule has 0 bridgehead atoms. The fraction of sp³-hybridized carbons (Fsp3) is 0.162. The van der Waals surface area contributed by atoms with Crippen LogP contribution in [0.2, 0.25) is 0 Å². The first kappa shape index (κ1) is 43.2. The average molecular weight is 791 g/mol. The summed E-state index contributed by atoms with van der Waals surface area (Å²) in [4.78, 5) is 0.982. The van der Waals surface area contributed by atoms with E-state index in [1.807, 2.05) is 71.9 Å². The quantitative estimate of drug-likeness (QED) is 0.111. The van der Waals surface area contributed by atoms with E-state index in [4.69, 9.17) is 0 Å². The standard InChI is InChI=1S/C37H36N2O9S3.Al.H2O/c1-3-38(25-27-9-7-11-33(23-27)49(40,41)42)31-19-15-29(16-20-31)37(35-13-5-6-14-36(35)51(46,47)48)30-17-21-32(22-18-30)39(4-2)26-28-10-8-12-34(24-28)50(43,44)45;;/h5-24H,3-4,25-26H2,1-2H3,(H2-,40,41,42,43,44,45,46,47,48);;1H2/q;+3;/p-3. The van der Waals surface area contributed by atoms with Crippen molar-refractivity contribution in [3.05, 3.63) is 149 Å². The van der Waals surface area contributed by atoms with Crippen LogP contribution in [0.15, 0.2) is 142 Å². The second-order valence-corrected chi connectivity index (χ2v) is 15.8. The average Bonchev–Trinajstić information content (AvgIpc) is 3.10. The molecule has 53 heavy (non-hydrogen) atoms. The first-order valence-corrected chi connectivity index (χ1v) is 20.0. The predicted octanol–water partition coefficient (Wildman–Crippen LogP) is 4.47. The Morgan fingerprint density at radius 3 is 1.74 bits per heavy atom. The van der Waals surface area contributed by atoms with Crippen LogP contribution in [0.5, 0.6) is 0 Å². The second-order valence-electron chi connectivity index (χ2n) is 11.7. The second kappa shape index (κ2) is 17.7. The molecule has 0 amide bonds. The molecule has 0 aliphatic heterocycles. The summed E-state index contributed by atoms with van der Waals surface area (Å²) in [7, 11) is -14.1. The van der Waals surface area contributed by atoms with Crippen LogP contribution >= 0.6 is 0 Å². The van der Waals surface area contributed by atoms with Crippen LogP contribution < -0.4 is 4.90 Å². The van der Waals surface area contributed by atoms with Crippen LogP contribution in [0.1, 0.15) is 36.1 Å². The molecule has 0 spiro atoms. The van der Waals surface area contributed by atoms with Gasteiger partial charge in [-0.05, 0) is 90.7 Å². The Morgan fingerprint density at radius 2 is 1.21 bits per heavy atom. The normalized spacial score (nSPS) is 12.8. The summed E-state index contributed by atoms with van der Waals surface area (Å²) in [5.41, 5.74) is 4.79. The van der Waals surface area contributed by atoms with E-state index < -0.39 is 30.4 Å². The largest absolute Gasteiger partial charge is 3.00 e. The third-order valence-corrected chi connectivity index (χ3v) is 10.9. The fourth-order valence-corrected chi connectivity index (χ4v) is 7.62. The molecule has 12 nitrogen and oxygen atoms in total. The van der Waals surface area contributed by atoms with E-state index in [0.717, 1.165) is 11.4 Å². The zero-order valence-corrected chi connectivity index (χ0v) is 32.3. The number of allylic oxidation sites excluding steroid dienone is 5. The topological polar surface area (TPSA) is 208 Å². The summed E-state index contributed by atoms with van der Waals surface area (Å²) < 4.78 is 109. The molecule has 5 rings (SSSR count). The van der Waals surface area contributed by atoms with Gasteiger partial charge in [0.25, 0.3) is 0 Å². The van der Waals surface area contributed by atoms with Crippen LogP contribution in [-0.2, 0) is 43.4 Å². The maximum atomic E-state index is 12.4. The summed E-state index contributed by atoms with van der Waals surface area (Å²) in [5, 5.41) is 0. The third-order valence-electron chi connectivity index (χ3n) is 8.35. The Bertz CT molecular complexity index is 2410. The molecule has 274 valence electrons. The van der Waals surface area contributed by atoms with Crippen molar-refractivity contribution < 1.29 is 49.0 Å². The van der Waals surface area contributed by atoms with Gasteiger partial charge in [-0.25, -0.2) is 29.8 Å². The van der Waals surface area contributed by atoms with Crippen molar-refractivity contribution in [3.63, 3.8) is 0 Å². The number of hydrogen-bond acceptors (Lipinski definition) is 11. The van der Waals surface area contributed by atoms with E-state index in [1.54, 1.807) is 24.3 Å². The van der Waals surface area contributed by atoms with Crippen molar-refractivity contribution in [3.8, 4) is 0 Å². The van der Waals surface area contributed by atoms with Crippen LogP contribution in [-0.4, -0.2) is 85.1 Å². The van der Waals surface area contributed by atoms with Crippen molar-refractivity contribution in [1.82, 2.24) is 0 Å². The Morgan fingerprint density at radius 1 is 0.660 bits per heavy atom. The third kappa shape index (κ3) is 10.7. The molecule has 0 aromatic heterocycles. The molecular weight excluding hydrogens is 756 g/mol. The smallest absolute Gasteiger partial charge is 0.870 e. The molecule has 0 atom stereocenters. The Balaban J connectivity index is 0.00000378. The van der Waals surface area contributed by atoms with Gasteiger partial charge in [-0.2, -0.15) is 0 Å². The predicted molar refractivity (Wildman–Crippen MR) is 198 cm³/mol. The SMILES string of the molecule is CCN(Cc1cccc(S(=O)(=O)[O-])c1)c1ccc(C(=C2C=CC(=[N+](CC)Cc3cccc(S(=O)(=O)[O-])c3)C=C2)c2ccccc2S(=O)(=O)[O-])cc1.[Al+3].[OH-]. The number of rotatable bonds is 12. The molecule has 0 saturated carbocycles. The van der Waals surface area contributed by atoms with Gasteiger partial charge in [0, 0.05) is 42.1 Å². The summed E-state index contributed by atoms with van der Waals surface area (Å²) in [6.45, 7) is 5.60. The van der Waals surface area contributed by atoms with Crippen molar-refractivity contribution in [1.29, 1.82) is 0 Å². The van der Waals surface area contributed by atoms with E-state index in [0.29, 0.717) is 54.0 Å². The Kier molecular flexibility index (Phi) is 14.5. The van der Waals surface area contributed by atoms with Gasteiger partial charge in [0.05, 0.1) is 14.7 Å². The summed E-state index contributed by atoms with van der Waals surface area (Å²) in [6, 6.07) is 25.0. The van der Waals surface area contributed by atoms with E-state index in [-0.39, 0.29) is 43.1 Å². The van der Waals surface area contributed by atoms with Crippen LogP contribution in [0.4, 0.5) is 5.69 Å². The van der Waals surface area contributed by atoms with E-state index >= 15 is 0 Å². The van der Waals surface area contributed by atoms with Gasteiger partial charge in [0.2, 0.25) is 0 Å². The fourth-order valence-electron chi connectivity index (χ4n) is 5.86. The molecule has 4 aromatic rings. The van der Waals surface area contributed by atoms with Crippen LogP contribution in [0.3, 0.4) is 0 Å². The molecule has 4 aromatic carbocycles. The van der Waals surface area contributed by atoms with Gasteiger partial charge in [-0.15, -0.1) is 0 Å². The van der Waals surface area contributed by atoms with E-state index in [9.17, 15) is 38.9 Å². The minimum absolute atomic E-state index is 0. The molecule has 0 heterocycles. The van der Waals surface area contributed by atoms with Gasteiger partial charge in [0.1, 0.15) is 36.9 Å². The molecule has 16 heteroatoms. The molecule has 1 aliphatic carbocycles. The number of anilines is 1. The molecule has 1 aliphatic rings. The van der Waals surface area contributed by atoms with Crippen molar-refractivity contribution in [2.24, 2.45) is 0 Å². The first-order chi connectivity index (χ1) is 24.1. The van der Waals surface area contributed by atoms with Crippen molar-refractivity contribution in [2.75, 3.05) is 18.0 Å². The van der Waals surface area contributed by atoms with Crippen molar-refractivity contribution in [2.45, 2.75) is 41.6 Å². The number of benzene rings is 4. The van der Waals surface area contributed by atoms with Crippen LogP contribution in [0.25, 0.3) is 5.57 Å². The first-order valence-electron chi connectivity index (χ1n) is 15.8. The maximum absolute atomic E-state index is 12.4. The van der Waals surface area contributed by atoms with Gasteiger partial charge in [-0.1, -0.05) is 54.6 Å². The van der Waals surface area contributed by atoms with Crippen LogP contribution in [0, 0.1) is 0 Å². The molecular formula is C37H35AlN2O10S3. The monoisotopic (exact) mass is 790 g/mol. The number of nitrogens with zero attached hydrogens (tertiary/aromatic N) is 2. The van der Waals surface area contributed by atoms with E-state index in [2.05, 4.69) is 0 Å². The zero-order valence-electron chi connectivity index (χ0n) is 28.7. The minimum Gasteiger partial charge on any atom is -0.870 e. The molecule has 0 saturated heterocycles.